The van der Waals surface area contributed by atoms with E-state index in [2.05, 4.69) is 4.98 Å². The molecule has 0 unspecified atom stereocenters. The fourth-order valence-electron chi connectivity index (χ4n) is 4.11. The van der Waals surface area contributed by atoms with E-state index in [1.54, 1.807) is 29.4 Å². The third-order valence-electron chi connectivity index (χ3n) is 5.51. The number of para-hydroxylation sites is 2. The smallest absolute Gasteiger partial charge is 0.339 e. The minimum atomic E-state index is -0.570. The van der Waals surface area contributed by atoms with Crippen LogP contribution in [0.25, 0.3) is 22.4 Å². The molecule has 0 radical (unpaired) electrons. The third kappa shape index (κ3) is 3.46. The Hall–Kier alpha value is -3.93. The van der Waals surface area contributed by atoms with E-state index in [1.165, 1.54) is 0 Å². The van der Waals surface area contributed by atoms with Gasteiger partial charge < -0.3 is 14.1 Å². The van der Waals surface area contributed by atoms with Crippen LogP contribution in [0, 0.1) is 0 Å². The van der Waals surface area contributed by atoms with Crippen LogP contribution in [0.1, 0.15) is 22.8 Å². The number of furan rings is 1. The van der Waals surface area contributed by atoms with Crippen molar-refractivity contribution >= 4 is 28.5 Å². The number of benzene rings is 2. The van der Waals surface area contributed by atoms with Crippen LogP contribution in [0.5, 0.6) is 0 Å². The number of aromatic nitrogens is 1. The topological polar surface area (TPSA) is 72.6 Å². The van der Waals surface area contributed by atoms with E-state index >= 15 is 0 Å². The molecule has 31 heavy (non-hydrogen) atoms. The lowest BCUT2D eigenvalue weighted by Gasteiger charge is -2.22. The monoisotopic (exact) mass is 412 g/mol. The molecule has 4 aromatic rings. The highest BCUT2D eigenvalue weighted by molar-refractivity contribution is 6.06. The normalized spacial score (nSPS) is 15.1. The Labute approximate surface area is 179 Å². The van der Waals surface area contributed by atoms with E-state index in [4.69, 9.17) is 9.15 Å². The summed E-state index contributed by atoms with van der Waals surface area (Å²) in [5.41, 5.74) is 3.53. The summed E-state index contributed by atoms with van der Waals surface area (Å²) >= 11 is 0. The molecule has 0 aliphatic carbocycles. The molecular formula is C25H20N2O4. The average Bonchev–Trinajstić information content (AvgIpc) is 3.44. The molecule has 1 aliphatic rings. The van der Waals surface area contributed by atoms with Crippen molar-refractivity contribution in [2.45, 2.75) is 19.4 Å². The van der Waals surface area contributed by atoms with Gasteiger partial charge in [-0.15, -0.1) is 0 Å². The molecular weight excluding hydrogens is 392 g/mol. The average molecular weight is 412 g/mol. The highest BCUT2D eigenvalue weighted by Gasteiger charge is 2.31. The number of hydrogen-bond acceptors (Lipinski definition) is 5. The zero-order valence-electron chi connectivity index (χ0n) is 16.9. The van der Waals surface area contributed by atoms with Crippen molar-refractivity contribution < 1.29 is 18.7 Å². The number of nitrogens with zero attached hydrogens (tertiary/aromatic N) is 2. The van der Waals surface area contributed by atoms with Crippen LogP contribution in [0.4, 0.5) is 5.69 Å². The first kappa shape index (κ1) is 19.1. The van der Waals surface area contributed by atoms with Gasteiger partial charge in [-0.25, -0.2) is 9.78 Å². The lowest BCUT2D eigenvalue weighted by atomic mass is 10.1. The van der Waals surface area contributed by atoms with Crippen LogP contribution < -0.4 is 4.90 Å². The summed E-state index contributed by atoms with van der Waals surface area (Å²) in [7, 11) is 0. The van der Waals surface area contributed by atoms with E-state index in [0.717, 1.165) is 17.7 Å². The van der Waals surface area contributed by atoms with Crippen LogP contribution in [-0.2, 0) is 16.0 Å². The summed E-state index contributed by atoms with van der Waals surface area (Å²) in [5.74, 6) is -0.256. The van der Waals surface area contributed by atoms with Gasteiger partial charge in [0, 0.05) is 17.1 Å². The van der Waals surface area contributed by atoms with Crippen molar-refractivity contribution in [3.05, 3.63) is 84.1 Å². The minimum Gasteiger partial charge on any atom is -0.463 e. The summed E-state index contributed by atoms with van der Waals surface area (Å²) in [5, 5.41) is 0.662. The molecule has 2 aromatic carbocycles. The number of fused-ring (bicyclic) bond motifs is 2. The number of rotatable bonds is 4. The number of amides is 1. The molecule has 0 saturated carbocycles. The molecule has 6 heteroatoms. The van der Waals surface area contributed by atoms with Gasteiger partial charge in [-0.3, -0.25) is 4.79 Å². The zero-order chi connectivity index (χ0) is 21.4. The molecule has 0 saturated heterocycles. The molecule has 0 fully saturated rings. The van der Waals surface area contributed by atoms with Crippen molar-refractivity contribution in [2.75, 3.05) is 11.5 Å². The predicted molar refractivity (Wildman–Crippen MR) is 117 cm³/mol. The largest absolute Gasteiger partial charge is 0.463 e. The van der Waals surface area contributed by atoms with Crippen LogP contribution in [0.15, 0.2) is 77.4 Å². The van der Waals surface area contributed by atoms with Gasteiger partial charge in [0.15, 0.2) is 12.4 Å². The fourth-order valence-corrected chi connectivity index (χ4v) is 4.11. The molecule has 3 heterocycles. The van der Waals surface area contributed by atoms with Gasteiger partial charge in [0.05, 0.1) is 17.3 Å². The van der Waals surface area contributed by atoms with Gasteiger partial charge in [0.1, 0.15) is 5.69 Å². The number of esters is 1. The van der Waals surface area contributed by atoms with Gasteiger partial charge in [-0.2, -0.15) is 0 Å². The Morgan fingerprint density at radius 2 is 1.90 bits per heavy atom. The Morgan fingerprint density at radius 1 is 1.10 bits per heavy atom. The Balaban J connectivity index is 1.40. The molecule has 1 amide bonds. The fraction of sp³-hybridized carbons (Fsp3) is 0.160. The Kier molecular flexibility index (Phi) is 4.75. The molecule has 0 bridgehead atoms. The van der Waals surface area contributed by atoms with Crippen molar-refractivity contribution in [1.29, 1.82) is 0 Å². The van der Waals surface area contributed by atoms with Crippen molar-refractivity contribution in [3.8, 4) is 11.5 Å². The lowest BCUT2D eigenvalue weighted by molar-refractivity contribution is -0.122. The molecule has 6 nitrogen and oxygen atoms in total. The quantitative estimate of drug-likeness (QED) is 0.457. The van der Waals surface area contributed by atoms with Crippen molar-refractivity contribution in [3.63, 3.8) is 0 Å². The van der Waals surface area contributed by atoms with Gasteiger partial charge in [-0.05, 0) is 49.2 Å². The first-order chi connectivity index (χ1) is 15.1. The van der Waals surface area contributed by atoms with Crippen LogP contribution in [0.2, 0.25) is 0 Å². The molecule has 5 rings (SSSR count). The molecule has 0 spiro atoms. The number of ether oxygens (including phenoxy) is 1. The highest BCUT2D eigenvalue weighted by Crippen LogP contribution is 2.32. The Bertz CT molecular complexity index is 1280. The second-order valence-corrected chi connectivity index (χ2v) is 7.57. The SMILES string of the molecule is C[C@H]1Cc2ccccc2N1C(=O)COC(=O)c1cc(-c2ccco2)nc2ccccc12. The third-order valence-corrected chi connectivity index (χ3v) is 5.51. The van der Waals surface area contributed by atoms with Crippen LogP contribution >= 0.6 is 0 Å². The van der Waals surface area contributed by atoms with E-state index in [-0.39, 0.29) is 18.6 Å². The van der Waals surface area contributed by atoms with E-state index < -0.39 is 5.97 Å². The maximum atomic E-state index is 13.0. The number of hydrogen-bond donors (Lipinski definition) is 0. The Morgan fingerprint density at radius 3 is 2.74 bits per heavy atom. The van der Waals surface area contributed by atoms with Crippen LogP contribution in [-0.4, -0.2) is 29.5 Å². The first-order valence-electron chi connectivity index (χ1n) is 10.1. The summed E-state index contributed by atoms with van der Waals surface area (Å²) in [6.45, 7) is 1.66. The highest BCUT2D eigenvalue weighted by atomic mass is 16.5. The van der Waals surface area contributed by atoms with Gasteiger partial charge in [-0.1, -0.05) is 36.4 Å². The summed E-state index contributed by atoms with van der Waals surface area (Å²) in [6, 6.07) is 20.3. The van der Waals surface area contributed by atoms with E-state index in [1.807, 2.05) is 55.5 Å². The van der Waals surface area contributed by atoms with Crippen molar-refractivity contribution in [1.82, 2.24) is 4.98 Å². The van der Waals surface area contributed by atoms with Gasteiger partial charge >= 0.3 is 5.97 Å². The van der Waals surface area contributed by atoms with E-state index in [9.17, 15) is 9.59 Å². The standard InChI is InChI=1S/C25H20N2O4/c1-16-13-17-7-2-5-10-22(17)27(16)24(28)15-31-25(29)19-14-21(23-11-6-12-30-23)26-20-9-4-3-8-18(19)20/h2-12,14,16H,13,15H2,1H3/t16-/m0/s1. The maximum Gasteiger partial charge on any atom is 0.339 e. The number of carbonyl (C=O) groups is 2. The number of pyridine rings is 1. The van der Waals surface area contributed by atoms with Gasteiger partial charge in [0.25, 0.3) is 5.91 Å². The molecule has 1 atom stereocenters. The second kappa shape index (κ2) is 7.72. The summed E-state index contributed by atoms with van der Waals surface area (Å²) < 4.78 is 10.9. The summed E-state index contributed by atoms with van der Waals surface area (Å²) in [4.78, 5) is 32.2. The van der Waals surface area contributed by atoms with Crippen molar-refractivity contribution in [2.24, 2.45) is 0 Å². The minimum absolute atomic E-state index is 0.0240. The second-order valence-electron chi connectivity index (χ2n) is 7.57. The predicted octanol–water partition coefficient (Wildman–Crippen LogP) is 4.63. The lowest BCUT2D eigenvalue weighted by Crippen LogP contribution is -2.38. The zero-order valence-corrected chi connectivity index (χ0v) is 16.9. The molecule has 154 valence electrons. The van der Waals surface area contributed by atoms with Gasteiger partial charge in [0.2, 0.25) is 0 Å². The van der Waals surface area contributed by atoms with Crippen LogP contribution in [0.3, 0.4) is 0 Å². The number of anilines is 1. The molecule has 1 aliphatic heterocycles. The first-order valence-corrected chi connectivity index (χ1v) is 10.1. The summed E-state index contributed by atoms with van der Waals surface area (Å²) in [6.07, 6.45) is 2.34. The maximum absolute atomic E-state index is 13.0. The molecule has 2 aromatic heterocycles. The van der Waals surface area contributed by atoms with E-state index in [0.29, 0.717) is 27.9 Å². The molecule has 0 N–H and O–H groups in total. The number of carbonyl (C=O) groups excluding carboxylic acids is 2.